The average molecular weight is 264 g/mol. The minimum atomic E-state index is 0.443. The Bertz CT molecular complexity index is 696. The Hall–Kier alpha value is -2.09. The molecule has 0 spiro atoms. The van der Waals surface area contributed by atoms with Crippen molar-refractivity contribution in [3.8, 4) is 0 Å². The van der Waals surface area contributed by atoms with E-state index in [0.717, 1.165) is 18.5 Å². The summed E-state index contributed by atoms with van der Waals surface area (Å²) in [6.07, 6.45) is 1.04. The number of aromatic nitrogens is 2. The third-order valence-corrected chi connectivity index (χ3v) is 3.67. The molecule has 3 rings (SSSR count). The van der Waals surface area contributed by atoms with E-state index in [1.54, 1.807) is 0 Å². The minimum absolute atomic E-state index is 0.443. The number of nitrogens with zero attached hydrogens (tertiary/aromatic N) is 2. The van der Waals surface area contributed by atoms with Crippen molar-refractivity contribution in [3.05, 3.63) is 66.0 Å². The van der Waals surface area contributed by atoms with Gasteiger partial charge in [0.25, 0.3) is 0 Å². The first kappa shape index (κ1) is 12.9. The summed E-state index contributed by atoms with van der Waals surface area (Å²) in [7, 11) is 0. The highest BCUT2D eigenvalue weighted by Crippen LogP contribution is 2.22. The van der Waals surface area contributed by atoms with Crippen LogP contribution in [0.2, 0.25) is 0 Å². The van der Waals surface area contributed by atoms with Crippen LogP contribution in [0, 0.1) is 0 Å². The van der Waals surface area contributed by atoms with Crippen LogP contribution in [0.3, 0.4) is 0 Å². The van der Waals surface area contributed by atoms with Gasteiger partial charge in [-0.05, 0) is 24.1 Å². The Labute approximate surface area is 120 Å². The highest BCUT2D eigenvalue weighted by atomic mass is 15.1. The molecule has 1 aromatic heterocycles. The summed E-state index contributed by atoms with van der Waals surface area (Å²) in [6.45, 7) is 5.40. The Balaban J connectivity index is 1.95. The molecule has 0 N–H and O–H groups in total. The van der Waals surface area contributed by atoms with Crippen LogP contribution >= 0.6 is 0 Å². The molecule has 2 aromatic carbocycles. The molecular weight excluding hydrogens is 244 g/mol. The third kappa shape index (κ3) is 2.46. The fourth-order valence-corrected chi connectivity index (χ4v) is 2.66. The number of rotatable bonds is 4. The van der Waals surface area contributed by atoms with Gasteiger partial charge in [-0.15, -0.1) is 0 Å². The molecule has 102 valence electrons. The molecule has 0 saturated heterocycles. The number of imidazole rings is 1. The number of benzene rings is 2. The van der Waals surface area contributed by atoms with E-state index in [1.807, 2.05) is 0 Å². The van der Waals surface area contributed by atoms with Crippen LogP contribution in [-0.2, 0) is 13.0 Å². The van der Waals surface area contributed by atoms with E-state index in [4.69, 9.17) is 4.98 Å². The van der Waals surface area contributed by atoms with E-state index in [2.05, 4.69) is 73.0 Å². The molecule has 0 unspecified atom stereocenters. The van der Waals surface area contributed by atoms with Crippen LogP contribution < -0.4 is 0 Å². The second kappa shape index (κ2) is 5.49. The van der Waals surface area contributed by atoms with Gasteiger partial charge in [-0.3, -0.25) is 0 Å². The van der Waals surface area contributed by atoms with Crippen molar-refractivity contribution in [1.29, 1.82) is 0 Å². The van der Waals surface area contributed by atoms with Crippen LogP contribution in [0.1, 0.15) is 31.2 Å². The quantitative estimate of drug-likeness (QED) is 0.683. The lowest BCUT2D eigenvalue weighted by molar-refractivity contribution is 0.634. The minimum Gasteiger partial charge on any atom is -0.327 e. The Morgan fingerprint density at radius 2 is 1.65 bits per heavy atom. The number of hydrogen-bond donors (Lipinski definition) is 0. The van der Waals surface area contributed by atoms with Crippen LogP contribution in [0.5, 0.6) is 0 Å². The van der Waals surface area contributed by atoms with Crippen molar-refractivity contribution in [2.45, 2.75) is 32.7 Å². The van der Waals surface area contributed by atoms with Gasteiger partial charge in [0.05, 0.1) is 11.0 Å². The van der Waals surface area contributed by atoms with Crippen molar-refractivity contribution in [2.75, 3.05) is 0 Å². The zero-order chi connectivity index (χ0) is 13.9. The molecule has 0 atom stereocenters. The normalized spacial score (nSPS) is 11.3. The van der Waals surface area contributed by atoms with E-state index in [0.29, 0.717) is 5.92 Å². The van der Waals surface area contributed by atoms with Gasteiger partial charge in [-0.2, -0.15) is 0 Å². The first-order chi connectivity index (χ1) is 9.75. The fraction of sp³-hybridized carbons (Fsp3) is 0.278. The van der Waals surface area contributed by atoms with Crippen LogP contribution in [-0.4, -0.2) is 9.55 Å². The molecule has 2 nitrogen and oxygen atoms in total. The van der Waals surface area contributed by atoms with Gasteiger partial charge in [0, 0.05) is 12.5 Å². The maximum absolute atomic E-state index is 4.79. The Morgan fingerprint density at radius 3 is 2.40 bits per heavy atom. The van der Waals surface area contributed by atoms with Gasteiger partial charge >= 0.3 is 0 Å². The molecule has 0 amide bonds. The summed E-state index contributed by atoms with van der Waals surface area (Å²) in [4.78, 5) is 4.79. The van der Waals surface area contributed by atoms with E-state index in [9.17, 15) is 0 Å². The number of fused-ring (bicyclic) bond motifs is 1. The predicted molar refractivity (Wildman–Crippen MR) is 84.0 cm³/mol. The molecule has 0 aliphatic heterocycles. The molecule has 3 aromatic rings. The topological polar surface area (TPSA) is 17.8 Å². The summed E-state index contributed by atoms with van der Waals surface area (Å²) in [5, 5.41) is 0. The first-order valence-corrected chi connectivity index (χ1v) is 7.25. The second-order valence-corrected chi connectivity index (χ2v) is 5.50. The zero-order valence-electron chi connectivity index (χ0n) is 12.1. The lowest BCUT2D eigenvalue weighted by atomic mass is 10.1. The highest BCUT2D eigenvalue weighted by Gasteiger charge is 2.12. The molecule has 2 heteroatoms. The lowest BCUT2D eigenvalue weighted by Gasteiger charge is -2.11. The summed E-state index contributed by atoms with van der Waals surface area (Å²) in [5.41, 5.74) is 3.72. The zero-order valence-corrected chi connectivity index (χ0v) is 12.1. The standard InChI is InChI=1S/C18H20N2/c1-14(2)18-19-16-10-6-7-11-17(16)20(18)13-12-15-8-4-3-5-9-15/h3-11,14H,12-13H2,1-2H3. The van der Waals surface area contributed by atoms with Crippen molar-refractivity contribution >= 4 is 11.0 Å². The van der Waals surface area contributed by atoms with Crippen molar-refractivity contribution in [2.24, 2.45) is 0 Å². The highest BCUT2D eigenvalue weighted by molar-refractivity contribution is 5.76. The third-order valence-electron chi connectivity index (χ3n) is 3.67. The maximum Gasteiger partial charge on any atom is 0.112 e. The molecule has 1 heterocycles. The van der Waals surface area contributed by atoms with Crippen LogP contribution in [0.15, 0.2) is 54.6 Å². The lowest BCUT2D eigenvalue weighted by Crippen LogP contribution is -2.07. The number of para-hydroxylation sites is 2. The van der Waals surface area contributed by atoms with Crippen molar-refractivity contribution in [1.82, 2.24) is 9.55 Å². The SMILES string of the molecule is CC(C)c1nc2ccccc2n1CCc1ccccc1. The summed E-state index contributed by atoms with van der Waals surface area (Å²) >= 11 is 0. The summed E-state index contributed by atoms with van der Waals surface area (Å²) < 4.78 is 2.37. The van der Waals surface area contributed by atoms with Crippen molar-refractivity contribution in [3.63, 3.8) is 0 Å². The van der Waals surface area contributed by atoms with Gasteiger partial charge in [0.2, 0.25) is 0 Å². The predicted octanol–water partition coefficient (Wildman–Crippen LogP) is 4.40. The monoisotopic (exact) mass is 264 g/mol. The molecule has 0 bridgehead atoms. The smallest absolute Gasteiger partial charge is 0.112 e. The maximum atomic E-state index is 4.79. The molecule has 0 aliphatic carbocycles. The van der Waals surface area contributed by atoms with Gasteiger partial charge in [-0.1, -0.05) is 56.3 Å². The molecular formula is C18H20N2. The van der Waals surface area contributed by atoms with Gasteiger partial charge < -0.3 is 4.57 Å². The second-order valence-electron chi connectivity index (χ2n) is 5.50. The van der Waals surface area contributed by atoms with Gasteiger partial charge in [0.15, 0.2) is 0 Å². The largest absolute Gasteiger partial charge is 0.327 e. The van der Waals surface area contributed by atoms with E-state index < -0.39 is 0 Å². The van der Waals surface area contributed by atoms with Gasteiger partial charge in [0.1, 0.15) is 5.82 Å². The fourth-order valence-electron chi connectivity index (χ4n) is 2.66. The summed E-state index contributed by atoms with van der Waals surface area (Å²) in [6, 6.07) is 19.1. The number of hydrogen-bond acceptors (Lipinski definition) is 1. The van der Waals surface area contributed by atoms with Crippen LogP contribution in [0.25, 0.3) is 11.0 Å². The van der Waals surface area contributed by atoms with E-state index in [1.165, 1.54) is 16.9 Å². The number of aryl methyl sites for hydroxylation is 2. The molecule has 0 aliphatic rings. The van der Waals surface area contributed by atoms with Gasteiger partial charge in [-0.25, -0.2) is 4.98 Å². The van der Waals surface area contributed by atoms with Crippen molar-refractivity contribution < 1.29 is 0 Å². The summed E-state index contributed by atoms with van der Waals surface area (Å²) in [5.74, 6) is 1.63. The van der Waals surface area contributed by atoms with Crippen LogP contribution in [0.4, 0.5) is 0 Å². The average Bonchev–Trinajstić information content (AvgIpc) is 2.85. The Kier molecular flexibility index (Phi) is 3.55. The molecule has 0 fully saturated rings. The molecule has 0 radical (unpaired) electrons. The molecule has 20 heavy (non-hydrogen) atoms. The molecule has 0 saturated carbocycles. The Morgan fingerprint density at radius 1 is 0.950 bits per heavy atom. The van der Waals surface area contributed by atoms with E-state index in [-0.39, 0.29) is 0 Å². The van der Waals surface area contributed by atoms with E-state index >= 15 is 0 Å². The first-order valence-electron chi connectivity index (χ1n) is 7.25.